The molecule has 0 aliphatic rings. The lowest BCUT2D eigenvalue weighted by Gasteiger charge is -2.04. The van der Waals surface area contributed by atoms with Gasteiger partial charge in [-0.1, -0.05) is 65.9 Å². The Morgan fingerprint density at radius 1 is 0.750 bits per heavy atom. The summed E-state index contributed by atoms with van der Waals surface area (Å²) in [5, 5.41) is 8.48. The normalized spacial score (nSPS) is 10.7. The van der Waals surface area contributed by atoms with Crippen molar-refractivity contribution in [3.8, 4) is 22.4 Å². The molecule has 4 heteroatoms. The lowest BCUT2D eigenvalue weighted by atomic mass is 10.1. The van der Waals surface area contributed by atoms with Gasteiger partial charge in [-0.25, -0.2) is 4.68 Å². The lowest BCUT2D eigenvalue weighted by molar-refractivity contribution is 0.650. The number of hydrogen-bond donors (Lipinski definition) is 0. The fourth-order valence-corrected chi connectivity index (χ4v) is 2.64. The van der Waals surface area contributed by atoms with Gasteiger partial charge in [-0.15, -0.1) is 5.10 Å². The number of hydrogen-bond acceptors (Lipinski definition) is 3. The highest BCUT2D eigenvalue weighted by molar-refractivity contribution is 5.62. The smallest absolute Gasteiger partial charge is 0.113 e. The zero-order chi connectivity index (χ0) is 16.2. The van der Waals surface area contributed by atoms with Crippen LogP contribution >= 0.6 is 0 Å². The summed E-state index contributed by atoms with van der Waals surface area (Å²) in [4.78, 5) is 4.16. The summed E-state index contributed by atoms with van der Waals surface area (Å²) in [5.74, 6) is 0. The summed E-state index contributed by atoms with van der Waals surface area (Å²) in [5.41, 5.74) is 5.44. The zero-order valence-electron chi connectivity index (χ0n) is 13.1. The van der Waals surface area contributed by atoms with Crippen molar-refractivity contribution in [1.82, 2.24) is 20.0 Å². The van der Waals surface area contributed by atoms with E-state index in [2.05, 4.69) is 45.6 Å². The molecular formula is C20H16N4. The van der Waals surface area contributed by atoms with Gasteiger partial charge in [0.25, 0.3) is 0 Å². The molecule has 0 aliphatic carbocycles. The molecule has 0 amide bonds. The molecule has 0 saturated carbocycles. The second kappa shape index (κ2) is 6.46. The fraction of sp³-hybridized carbons (Fsp3) is 0.0500. The van der Waals surface area contributed by atoms with E-state index in [1.54, 1.807) is 6.20 Å². The van der Waals surface area contributed by atoms with Crippen LogP contribution in [0, 0.1) is 0 Å². The number of aromatic nitrogens is 4. The van der Waals surface area contributed by atoms with E-state index >= 15 is 0 Å². The third-order valence-electron chi connectivity index (χ3n) is 3.90. The van der Waals surface area contributed by atoms with Gasteiger partial charge in [0.2, 0.25) is 0 Å². The first-order valence-corrected chi connectivity index (χ1v) is 7.83. The Hall–Kier alpha value is -3.27. The largest absolute Gasteiger partial charge is 0.264 e. The highest BCUT2D eigenvalue weighted by Gasteiger charge is 2.04. The number of benzene rings is 2. The van der Waals surface area contributed by atoms with Gasteiger partial charge in [-0.05, 0) is 22.8 Å². The van der Waals surface area contributed by atoms with Gasteiger partial charge in [0.05, 0.1) is 12.7 Å². The monoisotopic (exact) mass is 312 g/mol. The van der Waals surface area contributed by atoms with Crippen molar-refractivity contribution in [3.63, 3.8) is 0 Å². The maximum atomic E-state index is 4.25. The third-order valence-corrected chi connectivity index (χ3v) is 3.90. The maximum absolute atomic E-state index is 4.25. The Bertz CT molecular complexity index is 913. The molecule has 0 fully saturated rings. The topological polar surface area (TPSA) is 43.6 Å². The Labute approximate surface area is 140 Å². The van der Waals surface area contributed by atoms with Gasteiger partial charge in [0.1, 0.15) is 5.69 Å². The highest BCUT2D eigenvalue weighted by Crippen LogP contribution is 2.19. The average Bonchev–Trinajstić information content (AvgIpc) is 3.12. The van der Waals surface area contributed by atoms with E-state index in [0.29, 0.717) is 6.54 Å². The van der Waals surface area contributed by atoms with E-state index in [1.807, 2.05) is 53.5 Å². The minimum atomic E-state index is 0.702. The standard InChI is InChI=1S/C20H16N4/c1-2-5-18(6-3-1)20-15-24(23-22-20)14-16-8-10-17(11-9-16)19-7-4-12-21-13-19/h1-13,15H,14H2. The van der Waals surface area contributed by atoms with Crippen LogP contribution in [-0.4, -0.2) is 20.0 Å². The molecule has 0 atom stereocenters. The first-order valence-electron chi connectivity index (χ1n) is 7.83. The Balaban J connectivity index is 1.51. The molecular weight excluding hydrogens is 296 g/mol. The molecule has 4 aromatic rings. The van der Waals surface area contributed by atoms with E-state index in [0.717, 1.165) is 22.4 Å². The molecule has 0 bridgehead atoms. The van der Waals surface area contributed by atoms with Crippen molar-refractivity contribution in [2.24, 2.45) is 0 Å². The van der Waals surface area contributed by atoms with Crippen molar-refractivity contribution >= 4 is 0 Å². The predicted octanol–water partition coefficient (Wildman–Crippen LogP) is 4.06. The summed E-state index contributed by atoms with van der Waals surface area (Å²) in [6, 6.07) is 22.6. The Morgan fingerprint density at radius 2 is 1.54 bits per heavy atom. The van der Waals surface area contributed by atoms with E-state index in [4.69, 9.17) is 0 Å². The molecule has 4 rings (SSSR count). The van der Waals surface area contributed by atoms with Crippen LogP contribution in [0.3, 0.4) is 0 Å². The average molecular weight is 312 g/mol. The molecule has 0 radical (unpaired) electrons. The Kier molecular flexibility index (Phi) is 3.86. The molecule has 2 heterocycles. The van der Waals surface area contributed by atoms with Crippen molar-refractivity contribution < 1.29 is 0 Å². The second-order valence-corrected chi connectivity index (χ2v) is 5.61. The second-order valence-electron chi connectivity index (χ2n) is 5.61. The van der Waals surface area contributed by atoms with Gasteiger partial charge in [0.15, 0.2) is 0 Å². The number of rotatable bonds is 4. The molecule has 2 aromatic carbocycles. The van der Waals surface area contributed by atoms with Gasteiger partial charge < -0.3 is 0 Å². The molecule has 0 unspecified atom stereocenters. The third kappa shape index (κ3) is 3.08. The molecule has 4 nitrogen and oxygen atoms in total. The van der Waals surface area contributed by atoms with Gasteiger partial charge >= 0.3 is 0 Å². The van der Waals surface area contributed by atoms with Crippen LogP contribution in [0.1, 0.15) is 5.56 Å². The van der Waals surface area contributed by atoms with E-state index in [1.165, 1.54) is 5.56 Å². The van der Waals surface area contributed by atoms with Gasteiger partial charge in [-0.3, -0.25) is 4.98 Å². The first-order chi connectivity index (χ1) is 11.9. The van der Waals surface area contributed by atoms with Crippen molar-refractivity contribution in [1.29, 1.82) is 0 Å². The summed E-state index contributed by atoms with van der Waals surface area (Å²) >= 11 is 0. The van der Waals surface area contributed by atoms with E-state index < -0.39 is 0 Å². The fourth-order valence-electron chi connectivity index (χ4n) is 2.64. The summed E-state index contributed by atoms with van der Waals surface area (Å²) in [6.45, 7) is 0.702. The molecule has 0 saturated heterocycles. The Morgan fingerprint density at radius 3 is 2.29 bits per heavy atom. The molecule has 0 spiro atoms. The SMILES string of the molecule is c1ccc(-c2cn(Cc3ccc(-c4cccnc4)cc3)nn2)cc1. The van der Waals surface area contributed by atoms with Crippen LogP contribution in [0.2, 0.25) is 0 Å². The van der Waals surface area contributed by atoms with E-state index in [9.17, 15) is 0 Å². The van der Waals surface area contributed by atoms with Crippen LogP contribution in [-0.2, 0) is 6.54 Å². The predicted molar refractivity (Wildman–Crippen MR) is 94.2 cm³/mol. The molecule has 24 heavy (non-hydrogen) atoms. The van der Waals surface area contributed by atoms with E-state index in [-0.39, 0.29) is 0 Å². The quantitative estimate of drug-likeness (QED) is 0.571. The minimum absolute atomic E-state index is 0.702. The van der Waals surface area contributed by atoms with Gasteiger partial charge in [0, 0.05) is 18.0 Å². The molecule has 2 aromatic heterocycles. The van der Waals surface area contributed by atoms with Crippen LogP contribution in [0.15, 0.2) is 85.3 Å². The molecule has 116 valence electrons. The zero-order valence-corrected chi connectivity index (χ0v) is 13.1. The highest BCUT2D eigenvalue weighted by atomic mass is 15.4. The van der Waals surface area contributed by atoms with Crippen LogP contribution < -0.4 is 0 Å². The first kappa shape index (κ1) is 14.3. The van der Waals surface area contributed by atoms with Crippen molar-refractivity contribution in [2.75, 3.05) is 0 Å². The van der Waals surface area contributed by atoms with Crippen molar-refractivity contribution in [3.05, 3.63) is 90.9 Å². The minimum Gasteiger partial charge on any atom is -0.264 e. The number of pyridine rings is 1. The molecule has 0 aliphatic heterocycles. The summed E-state index contributed by atoms with van der Waals surface area (Å²) in [7, 11) is 0. The van der Waals surface area contributed by atoms with Crippen LogP contribution in [0.25, 0.3) is 22.4 Å². The molecule has 0 N–H and O–H groups in total. The van der Waals surface area contributed by atoms with Crippen LogP contribution in [0.5, 0.6) is 0 Å². The summed E-state index contributed by atoms with van der Waals surface area (Å²) < 4.78 is 1.86. The lowest BCUT2D eigenvalue weighted by Crippen LogP contribution is -2.00. The summed E-state index contributed by atoms with van der Waals surface area (Å²) in [6.07, 6.45) is 5.63. The van der Waals surface area contributed by atoms with Gasteiger partial charge in [-0.2, -0.15) is 0 Å². The van der Waals surface area contributed by atoms with Crippen molar-refractivity contribution in [2.45, 2.75) is 6.54 Å². The maximum Gasteiger partial charge on any atom is 0.113 e. The number of nitrogens with zero attached hydrogens (tertiary/aromatic N) is 4. The van der Waals surface area contributed by atoms with Crippen LogP contribution in [0.4, 0.5) is 0 Å².